The first kappa shape index (κ1) is 21.8. The van der Waals surface area contributed by atoms with Gasteiger partial charge in [0.1, 0.15) is 0 Å². The highest BCUT2D eigenvalue weighted by Gasteiger charge is 2.22. The van der Waals surface area contributed by atoms with Gasteiger partial charge in [0.25, 0.3) is 0 Å². The Labute approximate surface area is 175 Å². The molecule has 0 spiro atoms. The maximum atomic E-state index is 13.8. The SMILES string of the molecule is CCCCc1ccc(-n2nnnc2S[C@H](C)C(=O)Nc2ccc(F)c(F)c2F)cc1. The molecule has 0 radical (unpaired) electrons. The lowest BCUT2D eigenvalue weighted by Crippen LogP contribution is -2.23. The number of tetrazole rings is 1. The van der Waals surface area contributed by atoms with Crippen molar-refractivity contribution in [2.75, 3.05) is 5.32 Å². The molecule has 158 valence electrons. The number of nitrogens with zero attached hydrogens (tertiary/aromatic N) is 4. The van der Waals surface area contributed by atoms with E-state index >= 15 is 0 Å². The van der Waals surface area contributed by atoms with E-state index in [0.29, 0.717) is 5.16 Å². The van der Waals surface area contributed by atoms with E-state index < -0.39 is 34.3 Å². The van der Waals surface area contributed by atoms with Crippen molar-refractivity contribution in [3.63, 3.8) is 0 Å². The summed E-state index contributed by atoms with van der Waals surface area (Å²) in [5.74, 6) is -5.02. The highest BCUT2D eigenvalue weighted by atomic mass is 32.2. The van der Waals surface area contributed by atoms with Gasteiger partial charge in [-0.25, -0.2) is 13.2 Å². The van der Waals surface area contributed by atoms with Crippen LogP contribution < -0.4 is 5.32 Å². The topological polar surface area (TPSA) is 72.7 Å². The van der Waals surface area contributed by atoms with Gasteiger partial charge in [-0.05, 0) is 60.0 Å². The van der Waals surface area contributed by atoms with E-state index in [-0.39, 0.29) is 0 Å². The molecule has 3 aromatic rings. The Balaban J connectivity index is 1.69. The maximum Gasteiger partial charge on any atom is 0.237 e. The summed E-state index contributed by atoms with van der Waals surface area (Å²) in [5, 5.41) is 13.5. The predicted octanol–water partition coefficient (Wildman–Crippen LogP) is 4.54. The second-order valence-corrected chi connectivity index (χ2v) is 7.92. The average molecular weight is 435 g/mol. The smallest absolute Gasteiger partial charge is 0.237 e. The van der Waals surface area contributed by atoms with E-state index in [1.165, 1.54) is 10.2 Å². The third kappa shape index (κ3) is 4.99. The molecule has 1 heterocycles. The molecule has 3 rings (SSSR count). The molecule has 0 saturated heterocycles. The number of unbranched alkanes of at least 4 members (excludes halogenated alkanes) is 1. The van der Waals surface area contributed by atoms with Crippen LogP contribution in [0.4, 0.5) is 18.9 Å². The number of aryl methyl sites for hydroxylation is 1. The molecule has 0 saturated carbocycles. The first-order valence-electron chi connectivity index (χ1n) is 9.39. The molecular formula is C20H20F3N5OS. The Morgan fingerprint density at radius 1 is 1.13 bits per heavy atom. The Hall–Kier alpha value is -2.88. The molecule has 10 heteroatoms. The van der Waals surface area contributed by atoms with Crippen LogP contribution >= 0.6 is 11.8 Å². The number of rotatable bonds is 8. The number of aromatic nitrogens is 4. The van der Waals surface area contributed by atoms with Crippen LogP contribution in [0.25, 0.3) is 5.69 Å². The van der Waals surface area contributed by atoms with E-state index in [1.54, 1.807) is 6.92 Å². The second-order valence-electron chi connectivity index (χ2n) is 6.62. The van der Waals surface area contributed by atoms with Crippen molar-refractivity contribution in [3.8, 4) is 5.69 Å². The number of carbonyl (C=O) groups is 1. The Morgan fingerprint density at radius 2 is 1.87 bits per heavy atom. The van der Waals surface area contributed by atoms with Gasteiger partial charge in [-0.3, -0.25) is 4.79 Å². The number of halogens is 3. The zero-order valence-electron chi connectivity index (χ0n) is 16.4. The number of hydrogen-bond acceptors (Lipinski definition) is 5. The molecule has 1 amide bonds. The molecule has 30 heavy (non-hydrogen) atoms. The third-order valence-corrected chi connectivity index (χ3v) is 5.42. The summed E-state index contributed by atoms with van der Waals surface area (Å²) in [6.07, 6.45) is 3.21. The lowest BCUT2D eigenvalue weighted by atomic mass is 10.1. The normalized spacial score (nSPS) is 12.0. The van der Waals surface area contributed by atoms with Gasteiger partial charge in [0.2, 0.25) is 11.1 Å². The molecule has 1 aromatic heterocycles. The monoisotopic (exact) mass is 435 g/mol. The average Bonchev–Trinajstić information content (AvgIpc) is 3.21. The summed E-state index contributed by atoms with van der Waals surface area (Å²) >= 11 is 1.05. The minimum Gasteiger partial charge on any atom is -0.323 e. The molecule has 1 N–H and O–H groups in total. The number of carbonyl (C=O) groups excluding carboxylic acids is 1. The Bertz CT molecular complexity index is 1030. The fraction of sp³-hybridized carbons (Fsp3) is 0.300. The third-order valence-electron chi connectivity index (χ3n) is 4.39. The zero-order valence-corrected chi connectivity index (χ0v) is 17.2. The number of nitrogens with one attached hydrogen (secondary N) is 1. The highest BCUT2D eigenvalue weighted by molar-refractivity contribution is 8.00. The summed E-state index contributed by atoms with van der Waals surface area (Å²) < 4.78 is 41.7. The minimum absolute atomic E-state index is 0.365. The molecule has 0 bridgehead atoms. The van der Waals surface area contributed by atoms with Gasteiger partial charge in [0.15, 0.2) is 17.5 Å². The Morgan fingerprint density at radius 3 is 2.57 bits per heavy atom. The molecule has 0 aliphatic carbocycles. The molecule has 2 aromatic carbocycles. The summed E-state index contributed by atoms with van der Waals surface area (Å²) in [7, 11) is 0. The lowest BCUT2D eigenvalue weighted by molar-refractivity contribution is -0.115. The second kappa shape index (κ2) is 9.75. The van der Waals surface area contributed by atoms with E-state index in [0.717, 1.165) is 48.8 Å². The van der Waals surface area contributed by atoms with Crippen molar-refractivity contribution in [1.82, 2.24) is 20.2 Å². The van der Waals surface area contributed by atoms with Crippen LogP contribution in [0.2, 0.25) is 0 Å². The summed E-state index contributed by atoms with van der Waals surface area (Å²) in [5.41, 5.74) is 1.51. The first-order valence-corrected chi connectivity index (χ1v) is 10.3. The first-order chi connectivity index (χ1) is 14.4. The Kier molecular flexibility index (Phi) is 7.09. The molecule has 1 atom stereocenters. The van der Waals surface area contributed by atoms with Gasteiger partial charge in [-0.1, -0.05) is 37.2 Å². The molecule has 0 aliphatic rings. The number of amides is 1. The van der Waals surface area contributed by atoms with E-state index in [1.807, 2.05) is 24.3 Å². The van der Waals surface area contributed by atoms with Crippen LogP contribution in [0.5, 0.6) is 0 Å². The van der Waals surface area contributed by atoms with Crippen LogP contribution in [0.15, 0.2) is 41.6 Å². The molecule has 0 unspecified atom stereocenters. The standard InChI is InChI=1S/C20H20F3N5OS/c1-3-4-5-13-6-8-14(9-7-13)28-20(25-26-27-28)30-12(2)19(29)24-16-11-10-15(21)17(22)18(16)23/h6-12H,3-5H2,1-2H3,(H,24,29)/t12-/m1/s1. The van der Waals surface area contributed by atoms with Crippen molar-refractivity contribution in [2.24, 2.45) is 0 Å². The van der Waals surface area contributed by atoms with E-state index in [9.17, 15) is 18.0 Å². The minimum atomic E-state index is -1.64. The van der Waals surface area contributed by atoms with E-state index in [4.69, 9.17) is 0 Å². The van der Waals surface area contributed by atoms with Crippen LogP contribution in [0.3, 0.4) is 0 Å². The van der Waals surface area contributed by atoms with Crippen molar-refractivity contribution in [3.05, 3.63) is 59.4 Å². The number of benzene rings is 2. The van der Waals surface area contributed by atoms with Gasteiger partial charge < -0.3 is 5.32 Å². The van der Waals surface area contributed by atoms with Gasteiger partial charge >= 0.3 is 0 Å². The largest absolute Gasteiger partial charge is 0.323 e. The van der Waals surface area contributed by atoms with Gasteiger partial charge in [-0.15, -0.1) is 5.10 Å². The van der Waals surface area contributed by atoms with Crippen molar-refractivity contribution < 1.29 is 18.0 Å². The van der Waals surface area contributed by atoms with Gasteiger partial charge in [0, 0.05) is 0 Å². The number of anilines is 1. The number of thioether (sulfide) groups is 1. The van der Waals surface area contributed by atoms with Crippen LogP contribution in [-0.4, -0.2) is 31.4 Å². The quantitative estimate of drug-likeness (QED) is 0.415. The zero-order chi connectivity index (χ0) is 21.7. The fourth-order valence-electron chi connectivity index (χ4n) is 2.67. The van der Waals surface area contributed by atoms with Crippen LogP contribution in [-0.2, 0) is 11.2 Å². The highest BCUT2D eigenvalue weighted by Crippen LogP contribution is 2.25. The summed E-state index contributed by atoms with van der Waals surface area (Å²) in [6.45, 7) is 3.71. The van der Waals surface area contributed by atoms with Crippen molar-refractivity contribution >= 4 is 23.4 Å². The van der Waals surface area contributed by atoms with Crippen LogP contribution in [0.1, 0.15) is 32.3 Å². The van der Waals surface area contributed by atoms with Gasteiger partial charge in [-0.2, -0.15) is 4.68 Å². The predicted molar refractivity (Wildman–Crippen MR) is 108 cm³/mol. The molecule has 6 nitrogen and oxygen atoms in total. The summed E-state index contributed by atoms with van der Waals surface area (Å²) in [6, 6.07) is 9.51. The van der Waals surface area contributed by atoms with Crippen molar-refractivity contribution in [2.45, 2.75) is 43.5 Å². The molecule has 0 fully saturated rings. The fourth-order valence-corrected chi connectivity index (χ4v) is 3.48. The maximum absolute atomic E-state index is 13.8. The number of hydrogen-bond donors (Lipinski definition) is 1. The van der Waals surface area contributed by atoms with Crippen molar-refractivity contribution in [1.29, 1.82) is 0 Å². The van der Waals surface area contributed by atoms with E-state index in [2.05, 4.69) is 27.8 Å². The van der Waals surface area contributed by atoms with Crippen LogP contribution in [0, 0.1) is 17.5 Å². The molecular weight excluding hydrogens is 415 g/mol. The molecule has 0 aliphatic heterocycles. The lowest BCUT2D eigenvalue weighted by Gasteiger charge is -2.12. The summed E-state index contributed by atoms with van der Waals surface area (Å²) in [4.78, 5) is 12.4. The van der Waals surface area contributed by atoms with Gasteiger partial charge in [0.05, 0.1) is 16.6 Å².